The number of carbonyl (C=O) groups is 1. The maximum atomic E-state index is 13.0. The van der Waals surface area contributed by atoms with Crippen LogP contribution in [-0.2, 0) is 16.1 Å². The normalized spacial score (nSPS) is 14.6. The van der Waals surface area contributed by atoms with Gasteiger partial charge in [0, 0.05) is 25.6 Å². The molecule has 0 aliphatic carbocycles. The van der Waals surface area contributed by atoms with Gasteiger partial charge in [-0.2, -0.15) is 5.26 Å². The number of allylic oxidation sites excluding steroid dienone is 1. The predicted molar refractivity (Wildman–Crippen MR) is 121 cm³/mol. The first-order valence-electron chi connectivity index (χ1n) is 9.39. The smallest absolute Gasteiger partial charge is 0.186 e. The molecule has 0 fully saturated rings. The van der Waals surface area contributed by atoms with E-state index >= 15 is 0 Å². The average Bonchev–Trinajstić information content (AvgIpc) is 3.29. The van der Waals surface area contributed by atoms with Crippen molar-refractivity contribution >= 4 is 46.0 Å². The number of nitriles is 1. The van der Waals surface area contributed by atoms with Crippen molar-refractivity contribution in [3.63, 3.8) is 0 Å². The highest BCUT2D eigenvalue weighted by molar-refractivity contribution is 8.03. The van der Waals surface area contributed by atoms with E-state index < -0.39 is 0 Å². The van der Waals surface area contributed by atoms with Crippen molar-refractivity contribution in [1.29, 1.82) is 5.26 Å². The molecular weight excluding hydrogens is 416 g/mol. The van der Waals surface area contributed by atoms with Crippen molar-refractivity contribution in [3.05, 3.63) is 59.1 Å². The van der Waals surface area contributed by atoms with E-state index in [2.05, 4.69) is 15.6 Å². The van der Waals surface area contributed by atoms with Gasteiger partial charge in [-0.25, -0.2) is 4.98 Å². The number of anilines is 1. The van der Waals surface area contributed by atoms with Gasteiger partial charge in [-0.05, 0) is 24.3 Å². The van der Waals surface area contributed by atoms with E-state index in [1.54, 1.807) is 7.11 Å². The molecule has 3 aromatic rings. The number of ketones is 1. The molecule has 2 aromatic carbocycles. The lowest BCUT2D eigenvalue weighted by molar-refractivity contribution is -0.112. The summed E-state index contributed by atoms with van der Waals surface area (Å²) >= 11 is 2.81. The van der Waals surface area contributed by atoms with Crippen molar-refractivity contribution in [3.8, 4) is 6.07 Å². The number of Topliss-reactive ketones (excluding diaryl/α,β-unsaturated/α-hetero) is 1. The summed E-state index contributed by atoms with van der Waals surface area (Å²) < 4.78 is 7.28. The molecule has 0 bridgehead atoms. The van der Waals surface area contributed by atoms with Crippen molar-refractivity contribution < 1.29 is 9.53 Å². The maximum absolute atomic E-state index is 13.0. The first-order valence-corrected chi connectivity index (χ1v) is 11.2. The number of hydrogen-bond acceptors (Lipinski definition) is 7. The summed E-state index contributed by atoms with van der Waals surface area (Å²) in [6, 6.07) is 17.9. The topological polar surface area (TPSA) is 71.2 Å². The van der Waals surface area contributed by atoms with E-state index in [1.165, 1.54) is 23.5 Å². The fourth-order valence-electron chi connectivity index (χ4n) is 3.32. The molecule has 0 saturated heterocycles. The highest BCUT2D eigenvalue weighted by Gasteiger charge is 2.28. The largest absolute Gasteiger partial charge is 0.383 e. The highest BCUT2D eigenvalue weighted by Crippen LogP contribution is 2.46. The Morgan fingerprint density at radius 1 is 1.23 bits per heavy atom. The molecule has 30 heavy (non-hydrogen) atoms. The molecule has 6 nitrogen and oxygen atoms in total. The molecule has 0 atom stereocenters. The Morgan fingerprint density at radius 3 is 2.77 bits per heavy atom. The maximum Gasteiger partial charge on any atom is 0.186 e. The van der Waals surface area contributed by atoms with Crippen molar-refractivity contribution in [2.24, 2.45) is 0 Å². The Bertz CT molecular complexity index is 1180. The number of methoxy groups -OCH3 is 1. The van der Waals surface area contributed by atoms with E-state index in [0.29, 0.717) is 18.2 Å². The average molecular weight is 437 g/mol. The Labute approximate surface area is 183 Å². The lowest BCUT2D eigenvalue weighted by Gasteiger charge is -2.14. The van der Waals surface area contributed by atoms with Gasteiger partial charge in [0.25, 0.3) is 0 Å². The molecule has 8 heteroatoms. The van der Waals surface area contributed by atoms with Gasteiger partial charge in [0.05, 0.1) is 29.1 Å². The number of para-hydroxylation sites is 3. The third-order valence-corrected chi connectivity index (χ3v) is 7.03. The number of imidazole rings is 1. The van der Waals surface area contributed by atoms with Crippen LogP contribution in [0.4, 0.5) is 5.69 Å². The molecule has 1 aliphatic heterocycles. The van der Waals surface area contributed by atoms with Gasteiger partial charge >= 0.3 is 0 Å². The van der Waals surface area contributed by atoms with Gasteiger partial charge in [-0.15, -0.1) is 0 Å². The zero-order valence-corrected chi connectivity index (χ0v) is 18.3. The number of ether oxygens (including phenoxy) is 1. The summed E-state index contributed by atoms with van der Waals surface area (Å²) in [7, 11) is 3.55. The molecular formula is C22H20N4O2S2. The number of nitrogens with zero attached hydrogens (tertiary/aromatic N) is 4. The minimum atomic E-state index is -0.199. The number of rotatable bonds is 7. The fraction of sp³-hybridized carbons (Fsp3) is 0.227. The zero-order chi connectivity index (χ0) is 21.1. The summed E-state index contributed by atoms with van der Waals surface area (Å²) in [6.07, 6.45) is 0. The highest BCUT2D eigenvalue weighted by atomic mass is 32.2. The third kappa shape index (κ3) is 3.84. The Balaban J connectivity index is 1.57. The number of carbonyl (C=O) groups excluding carboxylic acids is 1. The van der Waals surface area contributed by atoms with Crippen LogP contribution in [0.1, 0.15) is 0 Å². The standard InChI is InChI=1S/C22H20N4O2S2/c1-25-18-9-5-6-10-20(18)30-21(25)15(13-23)19(27)14-29-22-24-16-7-3-4-8-17(16)26(22)11-12-28-2/h3-10H,11-12,14H2,1-2H3/b21-15-. The van der Waals surface area contributed by atoms with Gasteiger partial charge in [0.2, 0.25) is 0 Å². The van der Waals surface area contributed by atoms with Crippen LogP contribution in [0.2, 0.25) is 0 Å². The summed E-state index contributed by atoms with van der Waals surface area (Å²) in [5.74, 6) is -0.0528. The summed E-state index contributed by atoms with van der Waals surface area (Å²) in [5, 5.41) is 11.1. The lowest BCUT2D eigenvalue weighted by atomic mass is 10.2. The second-order valence-corrected chi connectivity index (χ2v) is 8.63. The van der Waals surface area contributed by atoms with Crippen LogP contribution in [0.5, 0.6) is 0 Å². The first-order chi connectivity index (χ1) is 14.6. The summed E-state index contributed by atoms with van der Waals surface area (Å²) in [6.45, 7) is 1.20. The van der Waals surface area contributed by atoms with Crippen LogP contribution in [0, 0.1) is 11.3 Å². The minimum Gasteiger partial charge on any atom is -0.383 e. The quantitative estimate of drug-likeness (QED) is 0.310. The van der Waals surface area contributed by atoms with E-state index in [9.17, 15) is 10.1 Å². The molecule has 0 saturated carbocycles. The number of benzene rings is 2. The SMILES string of the molecule is COCCn1c(SCC(=O)/C(C#N)=C2\Sc3ccccc3N2C)nc2ccccc21. The fourth-order valence-corrected chi connectivity index (χ4v) is 5.39. The van der Waals surface area contributed by atoms with Crippen LogP contribution in [0.15, 0.2) is 69.2 Å². The molecule has 1 aliphatic rings. The molecule has 152 valence electrons. The van der Waals surface area contributed by atoms with Crippen LogP contribution in [0.3, 0.4) is 0 Å². The van der Waals surface area contributed by atoms with E-state index in [1.807, 2.05) is 60.5 Å². The molecule has 0 N–H and O–H groups in total. The summed E-state index contributed by atoms with van der Waals surface area (Å²) in [4.78, 5) is 20.6. The molecule has 1 aromatic heterocycles. The third-order valence-electron chi connectivity index (χ3n) is 4.81. The molecule has 0 radical (unpaired) electrons. The number of aromatic nitrogens is 2. The van der Waals surface area contributed by atoms with Gasteiger partial charge in [0.1, 0.15) is 16.7 Å². The molecule has 4 rings (SSSR count). The Kier molecular flexibility index (Phi) is 6.13. The molecule has 2 heterocycles. The van der Waals surface area contributed by atoms with Crippen LogP contribution in [0.25, 0.3) is 11.0 Å². The Hall–Kier alpha value is -2.73. The number of hydrogen-bond donors (Lipinski definition) is 0. The summed E-state index contributed by atoms with van der Waals surface area (Å²) in [5.41, 5.74) is 3.08. The molecule has 0 spiro atoms. The number of fused-ring (bicyclic) bond motifs is 2. The second-order valence-electron chi connectivity index (χ2n) is 6.66. The van der Waals surface area contributed by atoms with Crippen molar-refractivity contribution in [1.82, 2.24) is 9.55 Å². The first kappa shape index (κ1) is 20.5. The van der Waals surface area contributed by atoms with E-state index in [-0.39, 0.29) is 17.1 Å². The van der Waals surface area contributed by atoms with Crippen LogP contribution in [-0.4, -0.2) is 41.9 Å². The minimum absolute atomic E-state index is 0.146. The van der Waals surface area contributed by atoms with Gasteiger partial charge in [-0.3, -0.25) is 4.79 Å². The number of thioether (sulfide) groups is 2. The Morgan fingerprint density at radius 2 is 2.00 bits per heavy atom. The molecule has 0 amide bonds. The van der Waals surface area contributed by atoms with Gasteiger partial charge < -0.3 is 14.2 Å². The van der Waals surface area contributed by atoms with Crippen LogP contribution < -0.4 is 4.90 Å². The van der Waals surface area contributed by atoms with Crippen molar-refractivity contribution in [2.75, 3.05) is 31.4 Å². The van der Waals surface area contributed by atoms with Gasteiger partial charge in [0.15, 0.2) is 10.9 Å². The van der Waals surface area contributed by atoms with Crippen LogP contribution >= 0.6 is 23.5 Å². The lowest BCUT2D eigenvalue weighted by Crippen LogP contribution is -2.16. The predicted octanol–water partition coefficient (Wildman–Crippen LogP) is 4.32. The molecule has 0 unspecified atom stereocenters. The van der Waals surface area contributed by atoms with Crippen molar-refractivity contribution in [2.45, 2.75) is 16.6 Å². The van der Waals surface area contributed by atoms with Gasteiger partial charge in [-0.1, -0.05) is 47.8 Å². The zero-order valence-electron chi connectivity index (χ0n) is 16.7. The van der Waals surface area contributed by atoms with E-state index in [4.69, 9.17) is 4.74 Å². The van der Waals surface area contributed by atoms with E-state index in [0.717, 1.165) is 26.8 Å². The monoisotopic (exact) mass is 436 g/mol. The second kappa shape index (κ2) is 8.96.